The Labute approximate surface area is 122 Å². The molecule has 0 heteroatoms. The van der Waals surface area contributed by atoms with E-state index in [0.717, 1.165) is 6.42 Å². The van der Waals surface area contributed by atoms with E-state index in [0.29, 0.717) is 0 Å². The Hall–Kier alpha value is -1.82. The van der Waals surface area contributed by atoms with Gasteiger partial charge in [-0.3, -0.25) is 0 Å². The zero-order valence-corrected chi connectivity index (χ0v) is 12.8. The Balaban J connectivity index is 2.16. The van der Waals surface area contributed by atoms with Crippen molar-refractivity contribution in [3.63, 3.8) is 0 Å². The molecule has 0 amide bonds. The number of allylic oxidation sites excluding steroid dienone is 1. The van der Waals surface area contributed by atoms with E-state index >= 15 is 0 Å². The highest BCUT2D eigenvalue weighted by molar-refractivity contribution is 5.82. The van der Waals surface area contributed by atoms with Crippen molar-refractivity contribution >= 4 is 6.08 Å². The molecular weight excluding hydrogens is 240 g/mol. The minimum absolute atomic E-state index is 0.252. The van der Waals surface area contributed by atoms with Crippen molar-refractivity contribution in [3.8, 4) is 11.1 Å². The molecule has 2 aromatic rings. The fraction of sp³-hybridized carbons (Fsp3) is 0.300. The summed E-state index contributed by atoms with van der Waals surface area (Å²) in [4.78, 5) is 0. The van der Waals surface area contributed by atoms with Crippen LogP contribution in [-0.2, 0) is 6.42 Å². The molecule has 0 N–H and O–H groups in total. The van der Waals surface area contributed by atoms with Crippen LogP contribution in [0.15, 0.2) is 48.0 Å². The zero-order chi connectivity index (χ0) is 14.3. The van der Waals surface area contributed by atoms with Crippen LogP contribution in [0.25, 0.3) is 17.2 Å². The molecular formula is C20H22. The number of hydrogen-bond acceptors (Lipinski definition) is 0. The Morgan fingerprint density at radius 1 is 0.850 bits per heavy atom. The predicted molar refractivity (Wildman–Crippen MR) is 87.8 cm³/mol. The lowest BCUT2D eigenvalue weighted by molar-refractivity contribution is 0.498. The fourth-order valence-corrected chi connectivity index (χ4v) is 2.96. The lowest BCUT2D eigenvalue weighted by Crippen LogP contribution is -2.08. The van der Waals surface area contributed by atoms with Crippen LogP contribution in [0.1, 0.15) is 37.5 Å². The van der Waals surface area contributed by atoms with Gasteiger partial charge in [0.05, 0.1) is 0 Å². The number of benzene rings is 2. The molecule has 1 aliphatic carbocycles. The van der Waals surface area contributed by atoms with Crippen LogP contribution in [0, 0.1) is 12.3 Å². The van der Waals surface area contributed by atoms with E-state index in [9.17, 15) is 0 Å². The molecule has 2 aromatic carbocycles. The monoisotopic (exact) mass is 262 g/mol. The summed E-state index contributed by atoms with van der Waals surface area (Å²) >= 11 is 0. The van der Waals surface area contributed by atoms with Crippen LogP contribution in [0.4, 0.5) is 0 Å². The molecule has 0 fully saturated rings. The van der Waals surface area contributed by atoms with Crippen molar-refractivity contribution < 1.29 is 0 Å². The molecule has 0 spiro atoms. The molecule has 0 saturated heterocycles. The van der Waals surface area contributed by atoms with Crippen LogP contribution < -0.4 is 0 Å². The van der Waals surface area contributed by atoms with Crippen molar-refractivity contribution in [1.82, 2.24) is 0 Å². The standard InChI is InChI=1S/C20H22/c1-14-8-5-6-10-17(14)18-11-7-9-15-12-16(13-19(15)18)20(2,3)4/h5-11,13H,12H2,1-4H3. The maximum absolute atomic E-state index is 2.41. The lowest BCUT2D eigenvalue weighted by atomic mass is 9.85. The summed E-state index contributed by atoms with van der Waals surface area (Å²) in [6.45, 7) is 9.10. The molecule has 1 aliphatic rings. The predicted octanol–water partition coefficient (Wildman–Crippen LogP) is 5.65. The van der Waals surface area contributed by atoms with E-state index in [1.807, 2.05) is 0 Å². The smallest absolute Gasteiger partial charge is 0.00523 e. The van der Waals surface area contributed by atoms with Crippen LogP contribution in [0.5, 0.6) is 0 Å². The van der Waals surface area contributed by atoms with Gasteiger partial charge in [0.25, 0.3) is 0 Å². The first kappa shape index (κ1) is 13.2. The summed E-state index contributed by atoms with van der Waals surface area (Å²) in [6.07, 6.45) is 3.51. The summed E-state index contributed by atoms with van der Waals surface area (Å²) in [5.74, 6) is 0. The second-order valence-corrected chi connectivity index (χ2v) is 6.79. The van der Waals surface area contributed by atoms with Gasteiger partial charge in [0.2, 0.25) is 0 Å². The number of fused-ring (bicyclic) bond motifs is 1. The maximum Gasteiger partial charge on any atom is -0.00523 e. The second kappa shape index (κ2) is 4.63. The van der Waals surface area contributed by atoms with Crippen molar-refractivity contribution in [2.45, 2.75) is 34.1 Å². The number of aryl methyl sites for hydroxylation is 1. The lowest BCUT2D eigenvalue weighted by Gasteiger charge is -2.19. The largest absolute Gasteiger partial charge is 0.0620 e. The molecule has 0 aromatic heterocycles. The molecule has 0 unspecified atom stereocenters. The minimum Gasteiger partial charge on any atom is -0.0620 e. The molecule has 0 bridgehead atoms. The summed E-state index contributed by atoms with van der Waals surface area (Å²) in [5, 5.41) is 0. The molecule has 102 valence electrons. The number of hydrogen-bond donors (Lipinski definition) is 0. The third-order valence-electron chi connectivity index (χ3n) is 4.29. The number of rotatable bonds is 1. The van der Waals surface area contributed by atoms with Crippen LogP contribution in [0.3, 0.4) is 0 Å². The Morgan fingerprint density at radius 2 is 1.55 bits per heavy atom. The molecule has 20 heavy (non-hydrogen) atoms. The second-order valence-electron chi connectivity index (χ2n) is 6.79. The highest BCUT2D eigenvalue weighted by atomic mass is 14.3. The zero-order valence-electron chi connectivity index (χ0n) is 12.8. The van der Waals surface area contributed by atoms with Gasteiger partial charge in [0.1, 0.15) is 0 Å². The van der Waals surface area contributed by atoms with Crippen molar-refractivity contribution in [2.24, 2.45) is 5.41 Å². The van der Waals surface area contributed by atoms with Crippen molar-refractivity contribution in [3.05, 3.63) is 64.7 Å². The SMILES string of the molecule is Cc1ccccc1-c1cccc2c1C=C(C(C)(C)C)C2. The minimum atomic E-state index is 0.252. The third-order valence-corrected chi connectivity index (χ3v) is 4.29. The van der Waals surface area contributed by atoms with E-state index < -0.39 is 0 Å². The van der Waals surface area contributed by atoms with Gasteiger partial charge in [0.15, 0.2) is 0 Å². The van der Waals surface area contributed by atoms with Gasteiger partial charge >= 0.3 is 0 Å². The van der Waals surface area contributed by atoms with Crippen LogP contribution >= 0.6 is 0 Å². The topological polar surface area (TPSA) is 0 Å². The van der Waals surface area contributed by atoms with Gasteiger partial charge in [-0.1, -0.05) is 74.9 Å². The first-order chi connectivity index (χ1) is 9.47. The van der Waals surface area contributed by atoms with E-state index in [2.05, 4.69) is 76.2 Å². The highest BCUT2D eigenvalue weighted by Gasteiger charge is 2.24. The maximum atomic E-state index is 2.41. The van der Waals surface area contributed by atoms with E-state index in [1.165, 1.54) is 33.4 Å². The molecule has 0 saturated carbocycles. The van der Waals surface area contributed by atoms with Gasteiger partial charge < -0.3 is 0 Å². The van der Waals surface area contributed by atoms with E-state index in [4.69, 9.17) is 0 Å². The van der Waals surface area contributed by atoms with Gasteiger partial charge in [-0.15, -0.1) is 0 Å². The summed E-state index contributed by atoms with van der Waals surface area (Å²) in [5.41, 5.74) is 8.76. The summed E-state index contributed by atoms with van der Waals surface area (Å²) < 4.78 is 0. The van der Waals surface area contributed by atoms with Crippen LogP contribution in [-0.4, -0.2) is 0 Å². The molecule has 0 aliphatic heterocycles. The highest BCUT2D eigenvalue weighted by Crippen LogP contribution is 2.40. The van der Waals surface area contributed by atoms with E-state index in [1.54, 1.807) is 0 Å². The van der Waals surface area contributed by atoms with Crippen molar-refractivity contribution in [1.29, 1.82) is 0 Å². The summed E-state index contributed by atoms with van der Waals surface area (Å²) in [6, 6.07) is 15.4. The van der Waals surface area contributed by atoms with E-state index in [-0.39, 0.29) is 5.41 Å². The van der Waals surface area contributed by atoms with Crippen molar-refractivity contribution in [2.75, 3.05) is 0 Å². The van der Waals surface area contributed by atoms with Gasteiger partial charge in [-0.25, -0.2) is 0 Å². The Morgan fingerprint density at radius 3 is 2.25 bits per heavy atom. The molecule has 3 rings (SSSR count). The molecule has 0 atom stereocenters. The third kappa shape index (κ3) is 2.20. The van der Waals surface area contributed by atoms with Gasteiger partial charge in [0, 0.05) is 0 Å². The quantitative estimate of drug-likeness (QED) is 0.623. The average Bonchev–Trinajstić information content (AvgIpc) is 2.83. The Kier molecular flexibility index (Phi) is 3.05. The van der Waals surface area contributed by atoms with Crippen LogP contribution in [0.2, 0.25) is 0 Å². The summed E-state index contributed by atoms with van der Waals surface area (Å²) in [7, 11) is 0. The first-order valence-corrected chi connectivity index (χ1v) is 7.36. The Bertz CT molecular complexity index is 681. The normalized spacial score (nSPS) is 14.1. The molecule has 0 nitrogen and oxygen atoms in total. The van der Waals surface area contributed by atoms with Gasteiger partial charge in [-0.2, -0.15) is 0 Å². The fourth-order valence-electron chi connectivity index (χ4n) is 2.96. The molecule has 0 radical (unpaired) electrons. The van der Waals surface area contributed by atoms with Gasteiger partial charge in [-0.05, 0) is 46.6 Å². The average molecular weight is 262 g/mol. The molecule has 0 heterocycles. The first-order valence-electron chi connectivity index (χ1n) is 7.36.